The van der Waals surface area contributed by atoms with Gasteiger partial charge in [0.25, 0.3) is 0 Å². The number of methoxy groups -OCH3 is 1. The molecule has 1 N–H and O–H groups in total. The molecule has 5 nitrogen and oxygen atoms in total. The van der Waals surface area contributed by atoms with Gasteiger partial charge >= 0.3 is 0 Å². The van der Waals surface area contributed by atoms with E-state index in [9.17, 15) is 4.79 Å². The highest BCUT2D eigenvalue weighted by atomic mass is 16.5. The summed E-state index contributed by atoms with van der Waals surface area (Å²) in [6.45, 7) is 1.00. The van der Waals surface area contributed by atoms with E-state index in [4.69, 9.17) is 9.47 Å². The number of benzene rings is 2. The zero-order chi connectivity index (χ0) is 20.3. The smallest absolute Gasteiger partial charge is 0.244 e. The van der Waals surface area contributed by atoms with Gasteiger partial charge in [-0.2, -0.15) is 0 Å². The molecule has 148 valence electrons. The fourth-order valence-corrected chi connectivity index (χ4v) is 2.67. The highest BCUT2D eigenvalue weighted by molar-refractivity contribution is 5.91. The van der Waals surface area contributed by atoms with Gasteiger partial charge in [-0.25, -0.2) is 0 Å². The lowest BCUT2D eigenvalue weighted by atomic mass is 10.1. The lowest BCUT2D eigenvalue weighted by molar-refractivity contribution is -0.116. The van der Waals surface area contributed by atoms with E-state index < -0.39 is 0 Å². The Morgan fingerprint density at radius 3 is 2.45 bits per heavy atom. The second kappa shape index (κ2) is 10.7. The first-order valence-corrected chi connectivity index (χ1v) is 9.44. The molecular weight excluding hydrogens is 364 g/mol. The van der Waals surface area contributed by atoms with Crippen LogP contribution in [0, 0.1) is 0 Å². The van der Waals surface area contributed by atoms with E-state index in [-0.39, 0.29) is 5.91 Å². The van der Waals surface area contributed by atoms with Crippen LogP contribution >= 0.6 is 0 Å². The molecule has 0 saturated carbocycles. The molecule has 0 unspecified atom stereocenters. The molecule has 3 aromatic rings. The number of nitrogens with zero attached hydrogens (tertiary/aromatic N) is 1. The Morgan fingerprint density at radius 2 is 1.76 bits per heavy atom. The molecule has 0 radical (unpaired) electrons. The van der Waals surface area contributed by atoms with Crippen LogP contribution in [0.3, 0.4) is 0 Å². The van der Waals surface area contributed by atoms with Crippen molar-refractivity contribution in [2.45, 2.75) is 13.0 Å². The van der Waals surface area contributed by atoms with E-state index in [1.165, 1.54) is 6.08 Å². The minimum Gasteiger partial charge on any atom is -0.497 e. The van der Waals surface area contributed by atoms with E-state index in [0.717, 1.165) is 34.7 Å². The summed E-state index contributed by atoms with van der Waals surface area (Å²) < 4.78 is 10.8. The van der Waals surface area contributed by atoms with Gasteiger partial charge in [-0.3, -0.25) is 9.78 Å². The monoisotopic (exact) mass is 388 g/mol. The van der Waals surface area contributed by atoms with Gasteiger partial charge in [0.05, 0.1) is 12.8 Å². The van der Waals surface area contributed by atoms with Crippen molar-refractivity contribution in [1.29, 1.82) is 0 Å². The molecule has 3 rings (SSSR count). The number of amides is 1. The third kappa shape index (κ3) is 6.81. The van der Waals surface area contributed by atoms with Gasteiger partial charge < -0.3 is 14.8 Å². The molecule has 1 heterocycles. The molecule has 1 amide bonds. The number of rotatable bonds is 9. The van der Waals surface area contributed by atoms with E-state index in [2.05, 4.69) is 10.3 Å². The fraction of sp³-hybridized carbons (Fsp3) is 0.167. The van der Waals surface area contributed by atoms with Crippen LogP contribution in [-0.2, 0) is 17.8 Å². The van der Waals surface area contributed by atoms with Crippen molar-refractivity contribution in [3.05, 3.63) is 95.8 Å². The molecule has 1 aromatic heterocycles. The van der Waals surface area contributed by atoms with Crippen LogP contribution in [0.4, 0.5) is 0 Å². The molecule has 29 heavy (non-hydrogen) atoms. The van der Waals surface area contributed by atoms with Gasteiger partial charge in [0, 0.05) is 18.8 Å². The molecule has 0 spiro atoms. The maximum atomic E-state index is 12.0. The van der Waals surface area contributed by atoms with E-state index in [1.807, 2.05) is 66.7 Å². The van der Waals surface area contributed by atoms with Crippen LogP contribution in [0.25, 0.3) is 6.08 Å². The number of aromatic nitrogens is 1. The summed E-state index contributed by atoms with van der Waals surface area (Å²) in [7, 11) is 1.64. The Kier molecular flexibility index (Phi) is 7.41. The zero-order valence-electron chi connectivity index (χ0n) is 16.4. The van der Waals surface area contributed by atoms with E-state index in [1.54, 1.807) is 19.4 Å². The molecule has 0 aliphatic carbocycles. The molecule has 0 atom stereocenters. The van der Waals surface area contributed by atoms with Crippen LogP contribution in [-0.4, -0.2) is 24.5 Å². The summed E-state index contributed by atoms with van der Waals surface area (Å²) in [5, 5.41) is 2.89. The predicted octanol–water partition coefficient (Wildman–Crippen LogP) is 4.04. The summed E-state index contributed by atoms with van der Waals surface area (Å²) in [4.78, 5) is 16.2. The van der Waals surface area contributed by atoms with E-state index >= 15 is 0 Å². The first kappa shape index (κ1) is 20.1. The molecule has 0 aliphatic rings. The molecule has 0 saturated heterocycles. The largest absolute Gasteiger partial charge is 0.497 e. The fourth-order valence-electron chi connectivity index (χ4n) is 2.67. The minimum absolute atomic E-state index is 0.117. The van der Waals surface area contributed by atoms with Gasteiger partial charge in [-0.05, 0) is 60.0 Å². The van der Waals surface area contributed by atoms with Gasteiger partial charge in [0.15, 0.2) is 0 Å². The summed E-state index contributed by atoms with van der Waals surface area (Å²) in [5.41, 5.74) is 2.96. The average molecular weight is 388 g/mol. The van der Waals surface area contributed by atoms with Crippen LogP contribution in [0.5, 0.6) is 11.5 Å². The first-order chi connectivity index (χ1) is 14.2. The van der Waals surface area contributed by atoms with Gasteiger partial charge in [0.2, 0.25) is 5.91 Å². The van der Waals surface area contributed by atoms with Crippen molar-refractivity contribution in [3.8, 4) is 11.5 Å². The normalized spacial score (nSPS) is 10.7. The number of carbonyl (C=O) groups excluding carboxylic acids is 1. The second-order valence-electron chi connectivity index (χ2n) is 6.40. The minimum atomic E-state index is -0.117. The molecular formula is C24H24N2O3. The van der Waals surface area contributed by atoms with Crippen molar-refractivity contribution in [1.82, 2.24) is 10.3 Å². The first-order valence-electron chi connectivity index (χ1n) is 9.44. The zero-order valence-corrected chi connectivity index (χ0v) is 16.4. The van der Waals surface area contributed by atoms with Crippen molar-refractivity contribution in [3.63, 3.8) is 0 Å². The van der Waals surface area contributed by atoms with E-state index in [0.29, 0.717) is 13.2 Å². The van der Waals surface area contributed by atoms with Gasteiger partial charge in [-0.15, -0.1) is 0 Å². The number of hydrogen-bond donors (Lipinski definition) is 1. The number of carbonyl (C=O) groups is 1. The van der Waals surface area contributed by atoms with Crippen molar-refractivity contribution in [2.24, 2.45) is 0 Å². The summed E-state index contributed by atoms with van der Waals surface area (Å²) in [5.74, 6) is 1.47. The van der Waals surface area contributed by atoms with Crippen molar-refractivity contribution < 1.29 is 14.3 Å². The Balaban J connectivity index is 1.41. The Hall–Kier alpha value is -3.60. The SMILES string of the molecule is COc1ccc(CCNC(=O)/C=C/c2ccc(OCc3ccccn3)cc2)cc1. The van der Waals surface area contributed by atoms with Crippen molar-refractivity contribution >= 4 is 12.0 Å². The molecule has 0 aliphatic heterocycles. The van der Waals surface area contributed by atoms with Gasteiger partial charge in [0.1, 0.15) is 18.1 Å². The number of hydrogen-bond acceptors (Lipinski definition) is 4. The maximum Gasteiger partial charge on any atom is 0.244 e. The standard InChI is InChI=1S/C24H24N2O3/c1-28-22-10-5-20(6-11-22)15-17-26-24(27)14-9-19-7-12-23(13-8-19)29-18-21-4-2-3-16-25-21/h2-14,16H,15,17-18H2,1H3,(H,26,27)/b14-9+. The highest BCUT2D eigenvalue weighted by Gasteiger charge is 1.99. The lowest BCUT2D eigenvalue weighted by Gasteiger charge is -2.06. The van der Waals surface area contributed by atoms with Gasteiger partial charge in [-0.1, -0.05) is 30.3 Å². The highest BCUT2D eigenvalue weighted by Crippen LogP contribution is 2.15. The quantitative estimate of drug-likeness (QED) is 0.562. The Labute approximate surface area is 171 Å². The molecule has 2 aromatic carbocycles. The molecule has 0 bridgehead atoms. The molecule has 5 heteroatoms. The van der Waals surface area contributed by atoms with Crippen LogP contribution in [0.2, 0.25) is 0 Å². The summed E-state index contributed by atoms with van der Waals surface area (Å²) >= 11 is 0. The summed E-state index contributed by atoms with van der Waals surface area (Å²) in [6.07, 6.45) is 5.84. The number of ether oxygens (including phenoxy) is 2. The Morgan fingerprint density at radius 1 is 1.00 bits per heavy atom. The average Bonchev–Trinajstić information content (AvgIpc) is 2.78. The lowest BCUT2D eigenvalue weighted by Crippen LogP contribution is -2.23. The third-order valence-corrected chi connectivity index (χ3v) is 4.29. The molecule has 0 fully saturated rings. The third-order valence-electron chi connectivity index (χ3n) is 4.29. The van der Waals surface area contributed by atoms with Crippen LogP contribution < -0.4 is 14.8 Å². The van der Waals surface area contributed by atoms with Crippen LogP contribution in [0.15, 0.2) is 79.0 Å². The predicted molar refractivity (Wildman–Crippen MR) is 114 cm³/mol. The van der Waals surface area contributed by atoms with Crippen molar-refractivity contribution in [2.75, 3.05) is 13.7 Å². The maximum absolute atomic E-state index is 12.0. The number of nitrogens with one attached hydrogen (secondary N) is 1. The number of pyridine rings is 1. The second-order valence-corrected chi connectivity index (χ2v) is 6.40. The summed E-state index contributed by atoms with van der Waals surface area (Å²) in [6, 6.07) is 21.1. The van der Waals surface area contributed by atoms with Crippen LogP contribution in [0.1, 0.15) is 16.8 Å². The topological polar surface area (TPSA) is 60.5 Å². The Bertz CT molecular complexity index is 921.